The molecule has 0 aromatic carbocycles. The van der Waals surface area contributed by atoms with Crippen molar-refractivity contribution in [2.24, 2.45) is 23.7 Å². The summed E-state index contributed by atoms with van der Waals surface area (Å²) in [5.41, 5.74) is 0. The predicted molar refractivity (Wildman–Crippen MR) is 522 cm³/mol. The zero-order valence-corrected chi connectivity index (χ0v) is 83.0. The molecule has 0 saturated heterocycles. The van der Waals surface area contributed by atoms with Crippen LogP contribution in [0.4, 0.5) is 0 Å². The summed E-state index contributed by atoms with van der Waals surface area (Å²) >= 11 is 0. The molecule has 0 heterocycles. The van der Waals surface area contributed by atoms with E-state index >= 15 is 0 Å². The number of amides is 2. The number of hydrogen-bond acceptors (Lipinski definition) is 18. The first-order chi connectivity index (χ1) is 62.6. The lowest BCUT2D eigenvalue weighted by atomic mass is 9.78. The van der Waals surface area contributed by atoms with Gasteiger partial charge in [0.1, 0.15) is 26.4 Å². The van der Waals surface area contributed by atoms with Gasteiger partial charge in [0, 0.05) is 76.6 Å². The van der Waals surface area contributed by atoms with E-state index in [1.54, 1.807) is 0 Å². The molecule has 0 rings (SSSR count). The fourth-order valence-electron chi connectivity index (χ4n) is 17.4. The second kappa shape index (κ2) is 97.2. The topological polar surface area (TPSA) is 269 Å². The first kappa shape index (κ1) is 122. The number of carbonyl (C=O) groups is 10. The Bertz CT molecular complexity index is 2460. The van der Waals surface area contributed by atoms with Crippen molar-refractivity contribution in [2.75, 3.05) is 65.9 Å². The Hall–Kier alpha value is -5.82. The summed E-state index contributed by atoms with van der Waals surface area (Å²) in [7, 11) is 0. The van der Waals surface area contributed by atoms with Gasteiger partial charge in [-0.15, -0.1) is 0 Å². The Morgan fingerprint density at radius 1 is 0.195 bits per heavy atom. The number of carbonyl (C=O) groups excluding carboxylic acids is 10. The number of esters is 8. The first-order valence-corrected chi connectivity index (χ1v) is 53.7. The van der Waals surface area contributed by atoms with Crippen molar-refractivity contribution >= 4 is 59.6 Å². The molecule has 2 amide bonds. The van der Waals surface area contributed by atoms with Crippen LogP contribution in [0.2, 0.25) is 0 Å². The molecule has 0 radical (unpaired) electrons. The molecule has 0 aliphatic rings. The maximum absolute atomic E-state index is 12.8. The molecular weight excluding hydrogens is 1610 g/mol. The Balaban J connectivity index is 4.72. The Kier molecular flexibility index (Phi) is 92.8. The minimum absolute atomic E-state index is 0.00362. The van der Waals surface area contributed by atoms with Crippen molar-refractivity contribution in [3.63, 3.8) is 0 Å². The second-order valence-corrected chi connectivity index (χ2v) is 36.9. The molecule has 0 bridgehead atoms. The summed E-state index contributed by atoms with van der Waals surface area (Å²) in [6.45, 7) is 18.2. The lowest BCUT2D eigenvalue weighted by molar-refractivity contribution is -0.149. The minimum Gasteiger partial charge on any atom is -0.466 e. The number of hydrogen-bond donors (Lipinski definition) is 2. The molecule has 0 aromatic rings. The van der Waals surface area contributed by atoms with Gasteiger partial charge in [-0.2, -0.15) is 0 Å². The molecule has 0 fully saturated rings. The normalized spacial score (nSPS) is 12.2. The number of nitrogens with one attached hydrogen (secondary N) is 2. The van der Waals surface area contributed by atoms with Gasteiger partial charge in [-0.3, -0.25) is 38.4 Å². The Morgan fingerprint density at radius 2 is 0.352 bits per heavy atom. The fraction of sp³-hybridized carbons (Fsp3) is 0.870. The van der Waals surface area contributed by atoms with Gasteiger partial charge < -0.3 is 48.5 Å². The highest BCUT2D eigenvalue weighted by atomic mass is 16.6. The number of rotatable bonds is 101. The quantitative estimate of drug-likeness (QED) is 0.0248. The maximum Gasteiger partial charge on any atom is 0.330 e. The molecule has 128 heavy (non-hydrogen) atoms. The molecular formula is C108H196N2O18. The van der Waals surface area contributed by atoms with E-state index in [1.807, 2.05) is 0 Å². The van der Waals surface area contributed by atoms with Gasteiger partial charge in [0.2, 0.25) is 11.8 Å². The van der Waals surface area contributed by atoms with Gasteiger partial charge in [0.25, 0.3) is 0 Å². The molecule has 20 nitrogen and oxygen atoms in total. The summed E-state index contributed by atoms with van der Waals surface area (Å²) in [6, 6.07) is 0. The largest absolute Gasteiger partial charge is 0.466 e. The average molecular weight is 1810 g/mol. The first-order valence-electron chi connectivity index (χ1n) is 53.7. The van der Waals surface area contributed by atoms with Gasteiger partial charge in [-0.1, -0.05) is 375 Å². The summed E-state index contributed by atoms with van der Waals surface area (Å²) in [5, 5.41) is 6.13. The van der Waals surface area contributed by atoms with E-state index in [2.05, 4.69) is 51.5 Å². The predicted octanol–water partition coefficient (Wildman–Crippen LogP) is 28.1. The van der Waals surface area contributed by atoms with Crippen LogP contribution < -0.4 is 10.6 Å². The van der Waals surface area contributed by atoms with Crippen molar-refractivity contribution in [3.8, 4) is 0 Å². The van der Waals surface area contributed by atoms with Gasteiger partial charge in [-0.25, -0.2) is 9.59 Å². The highest BCUT2D eigenvalue weighted by Crippen LogP contribution is 2.36. The van der Waals surface area contributed by atoms with E-state index < -0.39 is 11.9 Å². The SMILES string of the molecule is C=CC(=O)OCCOC(=O)CCCCCOC(=O)CCCCCOC(=O)CCCCCCCCC(CCCCCCCC)C(CCCCCCCC)CCCCCCCCC(=O)NCCNC(=O)CCCCCCCCC(CCCCCCCC)C(CCCCCCCC)CCCCCCCCC(=O)OCCCCCC(=O)OCCCCCC(=O)OCCOC(=O)C=C. The lowest BCUT2D eigenvalue weighted by Crippen LogP contribution is -2.34. The van der Waals surface area contributed by atoms with Crippen molar-refractivity contribution in [1.82, 2.24) is 10.6 Å². The van der Waals surface area contributed by atoms with Crippen LogP contribution in [0.25, 0.3) is 0 Å². The van der Waals surface area contributed by atoms with Crippen LogP contribution in [0.1, 0.15) is 516 Å². The van der Waals surface area contributed by atoms with Crippen LogP contribution in [-0.4, -0.2) is 126 Å². The highest BCUT2D eigenvalue weighted by molar-refractivity contribution is 5.81. The van der Waals surface area contributed by atoms with E-state index in [0.717, 1.165) is 139 Å². The maximum atomic E-state index is 12.8. The van der Waals surface area contributed by atoms with Crippen LogP contribution in [-0.2, 0) is 85.8 Å². The number of unbranched alkanes of at least 4 members (excludes halogenated alkanes) is 48. The van der Waals surface area contributed by atoms with Crippen LogP contribution in [0.15, 0.2) is 25.3 Å². The molecule has 20 heteroatoms. The lowest BCUT2D eigenvalue weighted by Gasteiger charge is -2.28. The van der Waals surface area contributed by atoms with Crippen LogP contribution in [0.5, 0.6) is 0 Å². The molecule has 0 aliphatic carbocycles. The summed E-state index contributed by atoms with van der Waals surface area (Å²) in [6.07, 6.45) is 84.7. The van der Waals surface area contributed by atoms with Crippen LogP contribution in [0, 0.1) is 23.7 Å². The average Bonchev–Trinajstić information content (AvgIpc) is 0.916. The zero-order chi connectivity index (χ0) is 93.4. The van der Waals surface area contributed by atoms with E-state index in [-0.39, 0.29) is 86.9 Å². The van der Waals surface area contributed by atoms with Gasteiger partial charge in [0.05, 0.1) is 26.4 Å². The molecule has 2 N–H and O–H groups in total. The van der Waals surface area contributed by atoms with E-state index in [1.165, 1.54) is 295 Å². The summed E-state index contributed by atoms with van der Waals surface area (Å²) in [5.74, 6) is 0.882. The standard InChI is InChI=1S/C108H196N2O18/c1-7-13-17-21-33-49-69-95(97(71-51-35-23-19-15-9-3)75-55-39-27-31-43-59-79-103(115)121-87-65-45-61-81-105(117)123-89-67-47-63-83-107(119)127-93-91-125-101(113)11-5)73-53-37-25-29-41-57-77-99(111)109-85-86-110-100(112)78-58-42-30-26-38-54-74-96(70-50-34-22-18-14-8-2)98(72-52-36-24-20-16-10-4)76-56-40-28-32-44-60-80-104(116)122-88-66-46-62-82-106(118)124-90-68-48-64-84-108(120)128-94-92-126-102(114)12-6/h11-12,95-98H,5-10,13-94H2,1-4H3,(H,109,111)(H,110,112). The third kappa shape index (κ3) is 88.1. The van der Waals surface area contributed by atoms with Gasteiger partial charge >= 0.3 is 47.8 Å². The minimum atomic E-state index is -0.557. The van der Waals surface area contributed by atoms with Gasteiger partial charge in [-0.05, 0) is 126 Å². The summed E-state index contributed by atoms with van der Waals surface area (Å²) in [4.78, 5) is 121. The fourth-order valence-corrected chi connectivity index (χ4v) is 17.4. The smallest absolute Gasteiger partial charge is 0.330 e. The Morgan fingerprint density at radius 3 is 0.547 bits per heavy atom. The highest BCUT2D eigenvalue weighted by Gasteiger charge is 2.24. The molecule has 0 aliphatic heterocycles. The van der Waals surface area contributed by atoms with Crippen LogP contribution in [0.3, 0.4) is 0 Å². The molecule has 0 spiro atoms. The third-order valence-electron chi connectivity index (χ3n) is 25.4. The van der Waals surface area contributed by atoms with E-state index in [0.29, 0.717) is 117 Å². The Labute approximate surface area is 782 Å². The number of ether oxygens (including phenoxy) is 8. The second-order valence-electron chi connectivity index (χ2n) is 36.9. The van der Waals surface area contributed by atoms with Crippen molar-refractivity contribution in [2.45, 2.75) is 516 Å². The summed E-state index contributed by atoms with van der Waals surface area (Å²) < 4.78 is 41.3. The van der Waals surface area contributed by atoms with E-state index in [4.69, 9.17) is 37.9 Å². The van der Waals surface area contributed by atoms with Crippen molar-refractivity contribution < 1.29 is 85.8 Å². The van der Waals surface area contributed by atoms with Crippen LogP contribution >= 0.6 is 0 Å². The monoisotopic (exact) mass is 1810 g/mol. The molecule has 0 saturated carbocycles. The van der Waals surface area contributed by atoms with Crippen molar-refractivity contribution in [3.05, 3.63) is 25.3 Å². The zero-order valence-electron chi connectivity index (χ0n) is 83.0. The molecule has 746 valence electrons. The molecule has 0 aromatic heterocycles. The molecule has 4 unspecified atom stereocenters. The third-order valence-corrected chi connectivity index (χ3v) is 25.4. The molecule has 4 atom stereocenters. The van der Waals surface area contributed by atoms with Gasteiger partial charge in [0.15, 0.2) is 0 Å². The van der Waals surface area contributed by atoms with E-state index in [9.17, 15) is 47.9 Å². The van der Waals surface area contributed by atoms with Crippen molar-refractivity contribution in [1.29, 1.82) is 0 Å².